The summed E-state index contributed by atoms with van der Waals surface area (Å²) in [4.78, 5) is 18.1. The van der Waals surface area contributed by atoms with Crippen molar-refractivity contribution in [2.45, 2.75) is 52.0 Å². The lowest BCUT2D eigenvalue weighted by Crippen LogP contribution is -2.40. The van der Waals surface area contributed by atoms with Gasteiger partial charge in [0.2, 0.25) is 0 Å². The van der Waals surface area contributed by atoms with Gasteiger partial charge in [-0.2, -0.15) is 0 Å². The van der Waals surface area contributed by atoms with Gasteiger partial charge in [0.1, 0.15) is 5.60 Å². The molecule has 3 aromatic rings. The molecule has 3 rings (SSSR count). The molecule has 0 spiro atoms. The van der Waals surface area contributed by atoms with Crippen molar-refractivity contribution in [3.63, 3.8) is 0 Å². The van der Waals surface area contributed by atoms with E-state index < -0.39 is 31.1 Å². The average molecular weight is 537 g/mol. The zero-order chi connectivity index (χ0) is 27.6. The molecular weight excluding hydrogens is 499 g/mol. The van der Waals surface area contributed by atoms with Crippen LogP contribution in [0.25, 0.3) is 0 Å². The highest BCUT2D eigenvalue weighted by molar-refractivity contribution is 7.54. The summed E-state index contributed by atoms with van der Waals surface area (Å²) in [5.41, 5.74) is 2.21. The van der Waals surface area contributed by atoms with E-state index >= 15 is 0 Å². The molecule has 7 nitrogen and oxygen atoms in total. The maximum absolute atomic E-state index is 14.4. The third-order valence-corrected chi connectivity index (χ3v) is 7.72. The van der Waals surface area contributed by atoms with Crippen LogP contribution in [0.15, 0.2) is 96.0 Å². The molecule has 0 aliphatic rings. The van der Waals surface area contributed by atoms with E-state index in [0.29, 0.717) is 11.3 Å². The normalized spacial score (nSPS) is 13.3. The van der Waals surface area contributed by atoms with Gasteiger partial charge in [0, 0.05) is 11.1 Å². The SMILES string of the molecule is CCOP(=O)(OCC)[C@H](N=C(c1ccccc1)c1ccccc1)[C@H](NC(=O)OC(C)(C)C)c1ccccc1. The molecule has 0 aliphatic heterocycles. The second-order valence-electron chi connectivity index (χ2n) is 9.53. The van der Waals surface area contributed by atoms with E-state index in [1.807, 2.05) is 91.0 Å². The Morgan fingerprint density at radius 1 is 0.816 bits per heavy atom. The Labute approximate surface area is 225 Å². The van der Waals surface area contributed by atoms with Crippen LogP contribution >= 0.6 is 7.60 Å². The van der Waals surface area contributed by atoms with Gasteiger partial charge in [-0.1, -0.05) is 91.0 Å². The van der Waals surface area contributed by atoms with Crippen LogP contribution in [0.3, 0.4) is 0 Å². The second kappa shape index (κ2) is 13.5. The fraction of sp³-hybridized carbons (Fsp3) is 0.333. The number of hydrogen-bond donors (Lipinski definition) is 1. The molecule has 1 amide bonds. The van der Waals surface area contributed by atoms with Crippen LogP contribution in [-0.4, -0.2) is 36.4 Å². The van der Waals surface area contributed by atoms with Crippen molar-refractivity contribution < 1.29 is 23.1 Å². The van der Waals surface area contributed by atoms with Gasteiger partial charge in [-0.05, 0) is 40.2 Å². The van der Waals surface area contributed by atoms with Crippen molar-refractivity contribution in [1.29, 1.82) is 0 Å². The summed E-state index contributed by atoms with van der Waals surface area (Å²) in [6, 6.07) is 27.7. The molecule has 0 unspecified atom stereocenters. The van der Waals surface area contributed by atoms with Gasteiger partial charge >= 0.3 is 13.7 Å². The van der Waals surface area contributed by atoms with E-state index in [2.05, 4.69) is 5.32 Å². The number of carbonyl (C=O) groups is 1. The number of benzene rings is 3. The third kappa shape index (κ3) is 8.12. The highest BCUT2D eigenvalue weighted by atomic mass is 31.2. The third-order valence-electron chi connectivity index (χ3n) is 5.43. The van der Waals surface area contributed by atoms with E-state index in [0.717, 1.165) is 11.1 Å². The van der Waals surface area contributed by atoms with Crippen molar-refractivity contribution in [1.82, 2.24) is 5.32 Å². The summed E-state index contributed by atoms with van der Waals surface area (Å²) in [5, 5.41) is 2.92. The number of hydrogen-bond acceptors (Lipinski definition) is 6. The highest BCUT2D eigenvalue weighted by Crippen LogP contribution is 2.57. The summed E-state index contributed by atoms with van der Waals surface area (Å²) in [6.45, 7) is 9.14. The van der Waals surface area contributed by atoms with Gasteiger partial charge in [0.15, 0.2) is 5.78 Å². The summed E-state index contributed by atoms with van der Waals surface area (Å²) in [7, 11) is -3.91. The topological polar surface area (TPSA) is 86.2 Å². The number of amides is 1. The first-order chi connectivity index (χ1) is 18.2. The molecule has 0 saturated carbocycles. The Kier molecular flexibility index (Phi) is 10.4. The zero-order valence-electron chi connectivity index (χ0n) is 22.7. The number of nitrogens with one attached hydrogen (secondary N) is 1. The zero-order valence-corrected chi connectivity index (χ0v) is 23.6. The summed E-state index contributed by atoms with van der Waals surface area (Å²) in [6.07, 6.45) is -0.660. The Morgan fingerprint density at radius 3 is 1.68 bits per heavy atom. The van der Waals surface area contributed by atoms with Crippen molar-refractivity contribution in [3.05, 3.63) is 108 Å². The predicted molar refractivity (Wildman–Crippen MR) is 152 cm³/mol. The van der Waals surface area contributed by atoms with Crippen LogP contribution < -0.4 is 5.32 Å². The Hall–Kier alpha value is -3.25. The van der Waals surface area contributed by atoms with Crippen LogP contribution in [0.4, 0.5) is 4.79 Å². The second-order valence-corrected chi connectivity index (χ2v) is 11.7. The predicted octanol–water partition coefficient (Wildman–Crippen LogP) is 7.38. The summed E-state index contributed by atoms with van der Waals surface area (Å²) < 4.78 is 31.7. The minimum atomic E-state index is -3.91. The monoisotopic (exact) mass is 536 g/mol. The Bertz CT molecular complexity index is 1180. The summed E-state index contributed by atoms with van der Waals surface area (Å²) in [5.74, 6) is -1.12. The fourth-order valence-electron chi connectivity index (χ4n) is 3.94. The van der Waals surface area contributed by atoms with Crippen LogP contribution in [0.2, 0.25) is 0 Å². The van der Waals surface area contributed by atoms with Gasteiger partial charge in [-0.25, -0.2) is 4.79 Å². The van der Waals surface area contributed by atoms with E-state index in [9.17, 15) is 9.36 Å². The molecule has 3 aromatic carbocycles. The molecule has 0 radical (unpaired) electrons. The quantitative estimate of drug-likeness (QED) is 0.204. The van der Waals surface area contributed by atoms with Crippen LogP contribution in [0, 0.1) is 0 Å². The number of rotatable bonds is 11. The molecule has 0 aromatic heterocycles. The molecule has 8 heteroatoms. The van der Waals surface area contributed by atoms with Crippen molar-refractivity contribution >= 4 is 19.4 Å². The lowest BCUT2D eigenvalue weighted by molar-refractivity contribution is 0.0500. The molecule has 2 atom stereocenters. The first kappa shape index (κ1) is 29.3. The van der Waals surface area contributed by atoms with Crippen LogP contribution in [0.1, 0.15) is 57.4 Å². The average Bonchev–Trinajstić information content (AvgIpc) is 2.89. The minimum absolute atomic E-state index is 0.142. The lowest BCUT2D eigenvalue weighted by Gasteiger charge is -2.32. The molecule has 0 saturated heterocycles. The molecule has 1 N–H and O–H groups in total. The van der Waals surface area contributed by atoms with Crippen LogP contribution in [0.5, 0.6) is 0 Å². The maximum atomic E-state index is 14.4. The molecule has 0 aliphatic carbocycles. The van der Waals surface area contributed by atoms with E-state index in [1.165, 1.54) is 0 Å². The Morgan fingerprint density at radius 2 is 1.26 bits per heavy atom. The highest BCUT2D eigenvalue weighted by Gasteiger charge is 2.44. The van der Waals surface area contributed by atoms with Gasteiger partial charge in [0.25, 0.3) is 0 Å². The molecular formula is C30H37N2O5P. The molecule has 202 valence electrons. The standard InChI is InChI=1S/C30H37N2O5P/c1-6-35-38(34,36-7-2)28(27(25-21-15-10-16-22-25)32-29(33)37-30(3,4)5)31-26(23-17-11-8-12-18-23)24-19-13-9-14-20-24/h8-22,27-28H,6-7H2,1-5H3,(H,32,33)/t27-,28+/m1/s1. The first-order valence-electron chi connectivity index (χ1n) is 12.8. The molecule has 38 heavy (non-hydrogen) atoms. The first-order valence-corrected chi connectivity index (χ1v) is 14.4. The summed E-state index contributed by atoms with van der Waals surface area (Å²) >= 11 is 0. The van der Waals surface area contributed by atoms with Gasteiger partial charge in [-0.15, -0.1) is 0 Å². The molecule has 0 fully saturated rings. The van der Waals surface area contributed by atoms with Crippen molar-refractivity contribution in [3.8, 4) is 0 Å². The van der Waals surface area contributed by atoms with Gasteiger partial charge in [0.05, 0.1) is 25.0 Å². The molecule has 0 bridgehead atoms. The number of aliphatic imine (C=N–C) groups is 1. The van der Waals surface area contributed by atoms with Crippen LogP contribution in [-0.2, 0) is 18.3 Å². The van der Waals surface area contributed by atoms with E-state index in [1.54, 1.807) is 34.6 Å². The maximum Gasteiger partial charge on any atom is 0.408 e. The lowest BCUT2D eigenvalue weighted by atomic mass is 10.0. The number of alkyl carbamates (subject to hydrolysis) is 1. The number of ether oxygens (including phenoxy) is 1. The van der Waals surface area contributed by atoms with Crippen molar-refractivity contribution in [2.75, 3.05) is 13.2 Å². The molecule has 0 heterocycles. The van der Waals surface area contributed by atoms with Gasteiger partial charge in [-0.3, -0.25) is 9.56 Å². The van der Waals surface area contributed by atoms with E-state index in [4.69, 9.17) is 18.8 Å². The fourth-order valence-corrected chi connectivity index (χ4v) is 5.91. The van der Waals surface area contributed by atoms with Crippen molar-refractivity contribution in [2.24, 2.45) is 4.99 Å². The Balaban J connectivity index is 2.27. The van der Waals surface area contributed by atoms with E-state index in [-0.39, 0.29) is 13.2 Å². The largest absolute Gasteiger partial charge is 0.444 e. The number of carbonyl (C=O) groups excluding carboxylic acids is 1. The minimum Gasteiger partial charge on any atom is -0.444 e. The van der Waals surface area contributed by atoms with Gasteiger partial charge < -0.3 is 19.1 Å². The smallest absolute Gasteiger partial charge is 0.408 e. The number of nitrogens with zero attached hydrogens (tertiary/aromatic N) is 1.